The van der Waals surface area contributed by atoms with E-state index in [-0.39, 0.29) is 5.91 Å². The lowest BCUT2D eigenvalue weighted by Gasteiger charge is -2.36. The molecule has 0 bridgehead atoms. The minimum absolute atomic E-state index is 0.183. The third-order valence-corrected chi connectivity index (χ3v) is 7.35. The quantitative estimate of drug-likeness (QED) is 0.515. The number of benzene rings is 1. The maximum atomic E-state index is 13.3. The number of rotatable bonds is 6. The van der Waals surface area contributed by atoms with Crippen LogP contribution in [0.2, 0.25) is 0 Å². The van der Waals surface area contributed by atoms with Gasteiger partial charge >= 0.3 is 6.09 Å². The summed E-state index contributed by atoms with van der Waals surface area (Å²) in [6.45, 7) is 7.89. The number of hydrogen-bond acceptors (Lipinski definition) is 8. The molecule has 34 heavy (non-hydrogen) atoms. The van der Waals surface area contributed by atoms with Gasteiger partial charge in [0.15, 0.2) is 11.2 Å². The fourth-order valence-corrected chi connectivity index (χ4v) is 5.52. The first-order valence-electron chi connectivity index (χ1n) is 11.1. The molecule has 0 spiro atoms. The minimum Gasteiger partial charge on any atom is -0.436 e. The molecule has 8 nitrogen and oxygen atoms in total. The van der Waals surface area contributed by atoms with E-state index in [1.807, 2.05) is 50.4 Å². The van der Waals surface area contributed by atoms with E-state index in [1.165, 1.54) is 11.3 Å². The Morgan fingerprint density at radius 3 is 2.62 bits per heavy atom. The van der Waals surface area contributed by atoms with Gasteiger partial charge in [-0.15, -0.1) is 11.3 Å². The van der Waals surface area contributed by atoms with Gasteiger partial charge in [0.1, 0.15) is 6.29 Å². The summed E-state index contributed by atoms with van der Waals surface area (Å²) in [5, 5.41) is 5.59. The molecule has 1 saturated heterocycles. The summed E-state index contributed by atoms with van der Waals surface area (Å²) in [6.07, 6.45) is -0.285. The molecule has 1 aliphatic rings. The maximum Gasteiger partial charge on any atom is 0.408 e. The molecule has 1 aliphatic heterocycles. The van der Waals surface area contributed by atoms with Gasteiger partial charge in [-0.3, -0.25) is 9.59 Å². The molecule has 1 unspecified atom stereocenters. The number of alkyl carbamates (subject to hydrolysis) is 1. The topological polar surface area (TPSA) is 91.8 Å². The van der Waals surface area contributed by atoms with Gasteiger partial charge in [0.25, 0.3) is 5.91 Å². The standard InChI is InChI=1S/C24H28N4O4S2/c1-24(2,3)26-23(31)32-19(14-17-5-4-12-33-17)21(30)27-8-10-28(11-9-27)22-25-18-7-6-16(15-29)13-20(18)34-22/h4-7,12-13,15,19H,8-11,14H2,1-3H3,(H,26,31). The van der Waals surface area contributed by atoms with Crippen molar-refractivity contribution in [2.75, 3.05) is 31.1 Å². The second-order valence-corrected chi connectivity index (χ2v) is 11.2. The summed E-state index contributed by atoms with van der Waals surface area (Å²) in [4.78, 5) is 46.4. The van der Waals surface area contributed by atoms with Crippen LogP contribution in [0.25, 0.3) is 10.2 Å². The Kier molecular flexibility index (Phi) is 7.18. The number of thiazole rings is 1. The van der Waals surface area contributed by atoms with E-state index in [9.17, 15) is 14.4 Å². The van der Waals surface area contributed by atoms with Gasteiger partial charge in [0.05, 0.1) is 10.2 Å². The predicted molar refractivity (Wildman–Crippen MR) is 135 cm³/mol. The first-order chi connectivity index (χ1) is 16.2. The van der Waals surface area contributed by atoms with Gasteiger partial charge in [-0.25, -0.2) is 9.78 Å². The summed E-state index contributed by atoms with van der Waals surface area (Å²) < 4.78 is 6.57. The molecule has 1 fully saturated rings. The zero-order valence-corrected chi connectivity index (χ0v) is 21.1. The van der Waals surface area contributed by atoms with Crippen LogP contribution in [-0.4, -0.2) is 66.0 Å². The van der Waals surface area contributed by atoms with Crippen LogP contribution in [-0.2, 0) is 16.0 Å². The number of ether oxygens (including phenoxy) is 1. The number of carbonyl (C=O) groups excluding carboxylic acids is 3. The second-order valence-electron chi connectivity index (χ2n) is 9.21. The molecule has 1 aromatic carbocycles. The highest BCUT2D eigenvalue weighted by Crippen LogP contribution is 2.30. The third kappa shape index (κ3) is 5.92. The number of nitrogens with zero attached hydrogens (tertiary/aromatic N) is 3. The number of nitrogens with one attached hydrogen (secondary N) is 1. The van der Waals surface area contributed by atoms with Gasteiger partial charge in [-0.2, -0.15) is 0 Å². The lowest BCUT2D eigenvalue weighted by atomic mass is 10.1. The Balaban J connectivity index is 1.41. The van der Waals surface area contributed by atoms with E-state index in [4.69, 9.17) is 4.74 Å². The molecule has 1 N–H and O–H groups in total. The van der Waals surface area contributed by atoms with Crippen molar-refractivity contribution in [1.82, 2.24) is 15.2 Å². The lowest BCUT2D eigenvalue weighted by molar-refractivity contribution is -0.140. The number of fused-ring (bicyclic) bond motifs is 1. The van der Waals surface area contributed by atoms with Crippen molar-refractivity contribution in [3.63, 3.8) is 0 Å². The summed E-state index contributed by atoms with van der Waals surface area (Å²) in [6, 6.07) is 9.33. The second kappa shape index (κ2) is 10.1. The van der Waals surface area contributed by atoms with Crippen molar-refractivity contribution >= 4 is 56.3 Å². The number of aldehydes is 1. The number of anilines is 1. The molecule has 0 radical (unpaired) electrons. The normalized spacial score (nSPS) is 15.3. The third-order valence-electron chi connectivity index (χ3n) is 5.37. The highest BCUT2D eigenvalue weighted by Gasteiger charge is 2.32. The summed E-state index contributed by atoms with van der Waals surface area (Å²) in [7, 11) is 0. The van der Waals surface area contributed by atoms with Crippen molar-refractivity contribution in [3.8, 4) is 0 Å². The number of piperazine rings is 1. The minimum atomic E-state index is -0.878. The summed E-state index contributed by atoms with van der Waals surface area (Å²) in [5.41, 5.74) is 1.03. The Bertz CT molecular complexity index is 1160. The molecule has 2 amide bonds. The van der Waals surface area contributed by atoms with E-state index in [1.54, 1.807) is 22.3 Å². The molecule has 3 aromatic rings. The molecule has 1 atom stereocenters. The zero-order chi connectivity index (χ0) is 24.3. The number of hydrogen-bond donors (Lipinski definition) is 1. The molecular weight excluding hydrogens is 472 g/mol. The van der Waals surface area contributed by atoms with Crippen LogP contribution in [0.1, 0.15) is 36.0 Å². The largest absolute Gasteiger partial charge is 0.436 e. The highest BCUT2D eigenvalue weighted by atomic mass is 32.1. The smallest absolute Gasteiger partial charge is 0.408 e. The van der Waals surface area contributed by atoms with E-state index in [0.717, 1.165) is 26.5 Å². The van der Waals surface area contributed by atoms with Crippen molar-refractivity contribution in [3.05, 3.63) is 46.2 Å². The summed E-state index contributed by atoms with van der Waals surface area (Å²) in [5.74, 6) is -0.183. The molecule has 180 valence electrons. The van der Waals surface area contributed by atoms with Gasteiger partial charge in [-0.05, 0) is 50.4 Å². The van der Waals surface area contributed by atoms with Gasteiger partial charge in [-0.1, -0.05) is 17.4 Å². The molecule has 0 saturated carbocycles. The molecular formula is C24H28N4O4S2. The average molecular weight is 501 g/mol. The summed E-state index contributed by atoms with van der Waals surface area (Å²) >= 11 is 3.08. The predicted octanol–water partition coefficient (Wildman–Crippen LogP) is 3.95. The molecule has 2 aromatic heterocycles. The van der Waals surface area contributed by atoms with Crippen LogP contribution in [0.3, 0.4) is 0 Å². The number of carbonyl (C=O) groups is 3. The van der Waals surface area contributed by atoms with Crippen LogP contribution >= 0.6 is 22.7 Å². The fourth-order valence-electron chi connectivity index (χ4n) is 3.72. The van der Waals surface area contributed by atoms with Crippen molar-refractivity contribution in [2.24, 2.45) is 0 Å². The van der Waals surface area contributed by atoms with Crippen LogP contribution in [0.15, 0.2) is 35.7 Å². The van der Waals surface area contributed by atoms with E-state index in [2.05, 4.69) is 15.2 Å². The number of aromatic nitrogens is 1. The Morgan fingerprint density at radius 2 is 1.97 bits per heavy atom. The molecule has 3 heterocycles. The lowest BCUT2D eigenvalue weighted by Crippen LogP contribution is -2.53. The van der Waals surface area contributed by atoms with Gasteiger partial charge in [0.2, 0.25) is 0 Å². The van der Waals surface area contributed by atoms with Gasteiger partial charge in [0, 0.05) is 48.6 Å². The average Bonchev–Trinajstić information content (AvgIpc) is 3.46. The van der Waals surface area contributed by atoms with E-state index < -0.39 is 17.7 Å². The van der Waals surface area contributed by atoms with Crippen LogP contribution in [0.5, 0.6) is 0 Å². The van der Waals surface area contributed by atoms with Crippen molar-refractivity contribution < 1.29 is 19.1 Å². The zero-order valence-electron chi connectivity index (χ0n) is 19.4. The monoisotopic (exact) mass is 500 g/mol. The fraction of sp³-hybridized carbons (Fsp3) is 0.417. The van der Waals surface area contributed by atoms with Crippen LogP contribution in [0.4, 0.5) is 9.93 Å². The molecule has 4 rings (SSSR count). The Hall–Kier alpha value is -2.98. The molecule has 10 heteroatoms. The maximum absolute atomic E-state index is 13.3. The Morgan fingerprint density at radius 1 is 1.21 bits per heavy atom. The number of amides is 2. The van der Waals surface area contributed by atoms with Crippen LogP contribution in [0, 0.1) is 0 Å². The van der Waals surface area contributed by atoms with Crippen molar-refractivity contribution in [2.45, 2.75) is 38.8 Å². The van der Waals surface area contributed by atoms with Gasteiger partial charge < -0.3 is 19.9 Å². The first kappa shape index (κ1) is 24.2. The highest BCUT2D eigenvalue weighted by molar-refractivity contribution is 7.22. The SMILES string of the molecule is CC(C)(C)NC(=O)OC(Cc1cccs1)C(=O)N1CCN(c2nc3ccc(C=O)cc3s2)CC1. The van der Waals surface area contributed by atoms with E-state index in [0.29, 0.717) is 38.2 Å². The van der Waals surface area contributed by atoms with Crippen LogP contribution < -0.4 is 10.2 Å². The van der Waals surface area contributed by atoms with Crippen molar-refractivity contribution in [1.29, 1.82) is 0 Å². The van der Waals surface area contributed by atoms with E-state index >= 15 is 0 Å². The Labute approximate surface area is 206 Å². The molecule has 0 aliphatic carbocycles. The number of thiophene rings is 1. The first-order valence-corrected chi connectivity index (χ1v) is 12.8.